The molecule has 0 heterocycles. The molecular weight excluding hydrogens is 237 g/mol. The van der Waals surface area contributed by atoms with Crippen molar-refractivity contribution in [1.82, 2.24) is 5.06 Å². The van der Waals surface area contributed by atoms with E-state index in [4.69, 9.17) is 0 Å². The highest BCUT2D eigenvalue weighted by Gasteiger charge is 2.25. The molecule has 1 saturated carbocycles. The normalized spacial score (nSPS) is 18.1. The van der Waals surface area contributed by atoms with Gasteiger partial charge in [-0.25, -0.2) is 5.06 Å². The Labute approximate surface area is 104 Å². The number of amides is 1. The molecule has 100 valence electrons. The third kappa shape index (κ3) is 5.69. The van der Waals surface area contributed by atoms with Gasteiger partial charge in [0, 0.05) is 18.6 Å². The minimum Gasteiger partial charge on any atom is -0.324 e. The lowest BCUT2D eigenvalue weighted by molar-refractivity contribution is -0.171. The first kappa shape index (κ1) is 14.7. The molecule has 1 fully saturated rings. The standard InChI is InChI=1S/C12H24NO3P/c1-17(2,16)10-6-9-13(15)12(14)11-7-4-3-5-8-11/h11,15H,3-10H2,1-2H3. The van der Waals surface area contributed by atoms with Crippen molar-refractivity contribution in [1.29, 1.82) is 0 Å². The summed E-state index contributed by atoms with van der Waals surface area (Å²) in [5, 5.41) is 10.5. The molecule has 17 heavy (non-hydrogen) atoms. The van der Waals surface area contributed by atoms with E-state index in [1.165, 1.54) is 6.42 Å². The number of carbonyl (C=O) groups is 1. The van der Waals surface area contributed by atoms with Gasteiger partial charge in [-0.1, -0.05) is 19.3 Å². The zero-order chi connectivity index (χ0) is 12.9. The highest BCUT2D eigenvalue weighted by molar-refractivity contribution is 7.62. The molecule has 0 aromatic heterocycles. The van der Waals surface area contributed by atoms with Crippen LogP contribution in [0.1, 0.15) is 38.5 Å². The quantitative estimate of drug-likeness (QED) is 0.470. The average molecular weight is 261 g/mol. The first-order chi connectivity index (χ1) is 7.90. The van der Waals surface area contributed by atoms with Gasteiger partial charge in [-0.3, -0.25) is 10.0 Å². The van der Waals surface area contributed by atoms with Gasteiger partial charge in [0.25, 0.3) is 0 Å². The van der Waals surface area contributed by atoms with E-state index < -0.39 is 7.14 Å². The lowest BCUT2D eigenvalue weighted by Gasteiger charge is -2.25. The maximum Gasteiger partial charge on any atom is 0.249 e. The van der Waals surface area contributed by atoms with Crippen LogP contribution in [0.15, 0.2) is 0 Å². The van der Waals surface area contributed by atoms with Gasteiger partial charge in [0.05, 0.1) is 7.14 Å². The summed E-state index contributed by atoms with van der Waals surface area (Å²) in [6, 6.07) is 0. The SMILES string of the molecule is CP(C)(=O)CCCN(O)C(=O)C1CCCCC1. The molecule has 0 atom stereocenters. The van der Waals surface area contributed by atoms with Gasteiger partial charge >= 0.3 is 0 Å². The Morgan fingerprint density at radius 3 is 2.41 bits per heavy atom. The second kappa shape index (κ2) is 6.55. The smallest absolute Gasteiger partial charge is 0.249 e. The van der Waals surface area contributed by atoms with E-state index in [0.717, 1.165) is 30.7 Å². The fraction of sp³-hybridized carbons (Fsp3) is 0.917. The van der Waals surface area contributed by atoms with Gasteiger partial charge in [0.15, 0.2) is 0 Å². The Bertz CT molecular complexity index is 294. The van der Waals surface area contributed by atoms with Crippen molar-refractivity contribution in [3.8, 4) is 0 Å². The second-order valence-electron chi connectivity index (χ2n) is 5.45. The summed E-state index contributed by atoms with van der Waals surface area (Å²) in [5.41, 5.74) is 0. The molecule has 1 rings (SSSR count). The van der Waals surface area contributed by atoms with E-state index >= 15 is 0 Å². The molecule has 1 amide bonds. The molecule has 0 spiro atoms. The Balaban J connectivity index is 2.28. The van der Waals surface area contributed by atoms with Gasteiger partial charge in [-0.2, -0.15) is 0 Å². The third-order valence-electron chi connectivity index (χ3n) is 3.28. The van der Waals surface area contributed by atoms with Crippen molar-refractivity contribution >= 4 is 13.0 Å². The van der Waals surface area contributed by atoms with Crippen LogP contribution >= 0.6 is 7.14 Å². The molecule has 0 bridgehead atoms. The monoisotopic (exact) mass is 261 g/mol. The molecule has 0 aliphatic heterocycles. The number of rotatable bonds is 5. The summed E-state index contributed by atoms with van der Waals surface area (Å²) in [4.78, 5) is 11.9. The molecule has 0 aromatic rings. The Kier molecular flexibility index (Phi) is 5.68. The summed E-state index contributed by atoms with van der Waals surface area (Å²) in [7, 11) is -2.03. The maximum atomic E-state index is 11.9. The number of carbonyl (C=O) groups excluding carboxylic acids is 1. The predicted octanol–water partition coefficient (Wildman–Crippen LogP) is 2.80. The van der Waals surface area contributed by atoms with Crippen LogP contribution in [0.2, 0.25) is 0 Å². The second-order valence-corrected chi connectivity index (χ2v) is 9.04. The zero-order valence-electron chi connectivity index (χ0n) is 10.9. The van der Waals surface area contributed by atoms with E-state index in [1.807, 2.05) is 0 Å². The average Bonchev–Trinajstić information content (AvgIpc) is 2.27. The topological polar surface area (TPSA) is 57.6 Å². The fourth-order valence-corrected chi connectivity index (χ4v) is 3.17. The van der Waals surface area contributed by atoms with Gasteiger partial charge in [0.1, 0.15) is 0 Å². The van der Waals surface area contributed by atoms with Crippen LogP contribution in [0.3, 0.4) is 0 Å². The Hall–Kier alpha value is -0.340. The van der Waals surface area contributed by atoms with E-state index in [0.29, 0.717) is 19.1 Å². The van der Waals surface area contributed by atoms with E-state index in [9.17, 15) is 14.6 Å². The van der Waals surface area contributed by atoms with Crippen molar-refractivity contribution < 1.29 is 14.6 Å². The van der Waals surface area contributed by atoms with Crippen LogP contribution in [0.5, 0.6) is 0 Å². The third-order valence-corrected chi connectivity index (χ3v) is 4.67. The van der Waals surface area contributed by atoms with Crippen LogP contribution in [0, 0.1) is 5.92 Å². The van der Waals surface area contributed by atoms with E-state index in [-0.39, 0.29) is 11.8 Å². The number of nitrogens with zero attached hydrogens (tertiary/aromatic N) is 1. The molecular formula is C12H24NO3P. The van der Waals surface area contributed by atoms with E-state index in [1.54, 1.807) is 13.3 Å². The highest BCUT2D eigenvalue weighted by Crippen LogP contribution is 2.36. The number of hydrogen-bond acceptors (Lipinski definition) is 3. The van der Waals surface area contributed by atoms with Crippen molar-refractivity contribution in [2.45, 2.75) is 38.5 Å². The minimum atomic E-state index is -2.03. The van der Waals surface area contributed by atoms with Gasteiger partial charge in [-0.15, -0.1) is 0 Å². The Morgan fingerprint density at radius 1 is 1.29 bits per heavy atom. The molecule has 1 aliphatic carbocycles. The van der Waals surface area contributed by atoms with E-state index in [2.05, 4.69) is 0 Å². The molecule has 4 nitrogen and oxygen atoms in total. The molecule has 0 aromatic carbocycles. The van der Waals surface area contributed by atoms with Gasteiger partial charge in [-0.05, 0) is 32.6 Å². The lowest BCUT2D eigenvalue weighted by Crippen LogP contribution is -2.35. The Morgan fingerprint density at radius 2 is 1.88 bits per heavy atom. The first-order valence-corrected chi connectivity index (χ1v) is 9.23. The lowest BCUT2D eigenvalue weighted by atomic mass is 9.88. The van der Waals surface area contributed by atoms with Crippen LogP contribution in [-0.4, -0.2) is 42.2 Å². The van der Waals surface area contributed by atoms with Crippen molar-refractivity contribution in [2.75, 3.05) is 26.0 Å². The van der Waals surface area contributed by atoms with Crippen LogP contribution in [-0.2, 0) is 9.36 Å². The van der Waals surface area contributed by atoms with Crippen LogP contribution in [0.25, 0.3) is 0 Å². The fourth-order valence-electron chi connectivity index (χ4n) is 2.27. The molecule has 1 aliphatic rings. The summed E-state index contributed by atoms with van der Waals surface area (Å²) < 4.78 is 11.5. The molecule has 1 N–H and O–H groups in total. The number of hydroxylamine groups is 2. The van der Waals surface area contributed by atoms with Crippen LogP contribution in [0.4, 0.5) is 0 Å². The largest absolute Gasteiger partial charge is 0.324 e. The molecule has 0 radical (unpaired) electrons. The maximum absolute atomic E-state index is 11.9. The molecule has 0 unspecified atom stereocenters. The van der Waals surface area contributed by atoms with Gasteiger partial charge < -0.3 is 4.57 Å². The van der Waals surface area contributed by atoms with Crippen LogP contribution < -0.4 is 0 Å². The predicted molar refractivity (Wildman–Crippen MR) is 69.0 cm³/mol. The zero-order valence-corrected chi connectivity index (χ0v) is 11.8. The van der Waals surface area contributed by atoms with Gasteiger partial charge in [0.2, 0.25) is 5.91 Å². The summed E-state index contributed by atoms with van der Waals surface area (Å²) in [6.45, 7) is 3.77. The summed E-state index contributed by atoms with van der Waals surface area (Å²) in [5.74, 6) is -0.143. The molecule has 5 heteroatoms. The van der Waals surface area contributed by atoms with Crippen molar-refractivity contribution in [3.63, 3.8) is 0 Å². The minimum absolute atomic E-state index is 0.00353. The number of hydrogen-bond donors (Lipinski definition) is 1. The summed E-state index contributed by atoms with van der Waals surface area (Å²) in [6.07, 6.45) is 6.37. The highest BCUT2D eigenvalue weighted by atomic mass is 31.2. The first-order valence-electron chi connectivity index (χ1n) is 6.44. The van der Waals surface area contributed by atoms with Crippen molar-refractivity contribution in [3.05, 3.63) is 0 Å². The molecule has 0 saturated heterocycles. The summed E-state index contributed by atoms with van der Waals surface area (Å²) >= 11 is 0. The van der Waals surface area contributed by atoms with Crippen molar-refractivity contribution in [2.24, 2.45) is 5.92 Å².